The normalized spacial score (nSPS) is 19.1. The lowest BCUT2D eigenvalue weighted by Gasteiger charge is -2.39. The van der Waals surface area contributed by atoms with E-state index < -0.39 is 12.2 Å². The summed E-state index contributed by atoms with van der Waals surface area (Å²) in [4.78, 5) is 25.6. The largest absolute Gasteiger partial charge is 0.392 e. The van der Waals surface area contributed by atoms with Crippen molar-refractivity contribution in [3.05, 3.63) is 107 Å². The molecule has 4 rings (SSSR count). The molecule has 1 heterocycles. The third-order valence-electron chi connectivity index (χ3n) is 7.97. The SMILES string of the molecule is C[C@@H](c1ccccc1)N(C)C[C@H]1C[C@@H](c2ccc(CO)cc2)O[C@@H](c2ccc(CNC(=O)CCCCC(=O)NO)cc2)O1. The molecule has 1 aliphatic heterocycles. The van der Waals surface area contributed by atoms with Crippen LogP contribution in [0, 0.1) is 0 Å². The lowest BCUT2D eigenvalue weighted by molar-refractivity contribution is -0.253. The topological polar surface area (TPSA) is 120 Å². The van der Waals surface area contributed by atoms with Crippen molar-refractivity contribution >= 4 is 11.8 Å². The second kappa shape index (κ2) is 16.3. The second-order valence-electron chi connectivity index (χ2n) is 11.1. The summed E-state index contributed by atoms with van der Waals surface area (Å²) in [6.07, 6.45) is 1.52. The van der Waals surface area contributed by atoms with E-state index in [0.29, 0.717) is 32.2 Å². The van der Waals surface area contributed by atoms with Crippen molar-refractivity contribution in [2.75, 3.05) is 13.6 Å². The maximum Gasteiger partial charge on any atom is 0.243 e. The molecular formula is C34H43N3O6. The van der Waals surface area contributed by atoms with Gasteiger partial charge < -0.3 is 19.9 Å². The van der Waals surface area contributed by atoms with Crippen LogP contribution in [0.5, 0.6) is 0 Å². The van der Waals surface area contributed by atoms with Gasteiger partial charge in [-0.2, -0.15) is 0 Å². The molecule has 0 aliphatic carbocycles. The average molecular weight is 590 g/mol. The summed E-state index contributed by atoms with van der Waals surface area (Å²) < 4.78 is 13.0. The van der Waals surface area contributed by atoms with Crippen molar-refractivity contribution in [2.24, 2.45) is 0 Å². The number of aliphatic hydroxyl groups excluding tert-OH is 1. The van der Waals surface area contributed by atoms with E-state index in [9.17, 15) is 14.7 Å². The van der Waals surface area contributed by atoms with Crippen molar-refractivity contribution in [3.8, 4) is 0 Å². The molecule has 0 spiro atoms. The Morgan fingerprint density at radius 3 is 2.16 bits per heavy atom. The molecule has 9 heteroatoms. The summed E-state index contributed by atoms with van der Waals surface area (Å²) in [6.45, 7) is 3.33. The van der Waals surface area contributed by atoms with Crippen LogP contribution in [0.4, 0.5) is 0 Å². The van der Waals surface area contributed by atoms with E-state index >= 15 is 0 Å². The number of carbonyl (C=O) groups is 2. The Morgan fingerprint density at radius 2 is 1.51 bits per heavy atom. The summed E-state index contributed by atoms with van der Waals surface area (Å²) in [5.41, 5.74) is 6.61. The van der Waals surface area contributed by atoms with Crippen LogP contribution in [0.2, 0.25) is 0 Å². The summed E-state index contributed by atoms with van der Waals surface area (Å²) in [6, 6.07) is 26.4. The molecule has 3 aromatic rings. The number of unbranched alkanes of at least 4 members (excludes halogenated alkanes) is 1. The Kier molecular flexibility index (Phi) is 12.3. The Hall–Kier alpha value is -3.60. The molecule has 9 nitrogen and oxygen atoms in total. The first kappa shape index (κ1) is 32.3. The van der Waals surface area contributed by atoms with Crippen LogP contribution in [-0.2, 0) is 32.2 Å². The first-order valence-corrected chi connectivity index (χ1v) is 14.9. The van der Waals surface area contributed by atoms with Gasteiger partial charge in [-0.25, -0.2) is 5.48 Å². The Balaban J connectivity index is 1.39. The first-order valence-electron chi connectivity index (χ1n) is 14.9. The molecule has 0 saturated carbocycles. The van der Waals surface area contributed by atoms with Gasteiger partial charge in [0, 0.05) is 44.0 Å². The predicted octanol–water partition coefficient (Wildman–Crippen LogP) is 5.10. The average Bonchev–Trinajstić information content (AvgIpc) is 3.05. The highest BCUT2D eigenvalue weighted by molar-refractivity contribution is 5.76. The van der Waals surface area contributed by atoms with Gasteiger partial charge in [-0.15, -0.1) is 0 Å². The maximum absolute atomic E-state index is 12.2. The minimum Gasteiger partial charge on any atom is -0.392 e. The summed E-state index contributed by atoms with van der Waals surface area (Å²) in [5.74, 6) is -0.531. The number of amides is 2. The summed E-state index contributed by atoms with van der Waals surface area (Å²) >= 11 is 0. The number of benzene rings is 3. The minimum absolute atomic E-state index is 0.00150. The van der Waals surface area contributed by atoms with Gasteiger partial charge in [0.05, 0.1) is 18.8 Å². The predicted molar refractivity (Wildman–Crippen MR) is 163 cm³/mol. The second-order valence-corrected chi connectivity index (χ2v) is 11.1. The number of hydroxylamine groups is 1. The van der Waals surface area contributed by atoms with Crippen LogP contribution < -0.4 is 10.8 Å². The lowest BCUT2D eigenvalue weighted by atomic mass is 9.99. The van der Waals surface area contributed by atoms with E-state index in [0.717, 1.165) is 28.8 Å². The van der Waals surface area contributed by atoms with Crippen LogP contribution in [-0.4, -0.2) is 46.7 Å². The molecule has 4 N–H and O–H groups in total. The number of aliphatic hydroxyl groups is 1. The van der Waals surface area contributed by atoms with E-state index in [4.69, 9.17) is 14.7 Å². The number of ether oxygens (including phenoxy) is 2. The van der Waals surface area contributed by atoms with Crippen LogP contribution >= 0.6 is 0 Å². The van der Waals surface area contributed by atoms with Crippen LogP contribution in [0.15, 0.2) is 78.9 Å². The van der Waals surface area contributed by atoms with Gasteiger partial charge >= 0.3 is 0 Å². The van der Waals surface area contributed by atoms with Gasteiger partial charge in [0.2, 0.25) is 11.8 Å². The molecule has 4 atom stereocenters. The fraction of sp³-hybridized carbons (Fsp3) is 0.412. The molecule has 0 radical (unpaired) electrons. The molecule has 1 fully saturated rings. The fourth-order valence-electron chi connectivity index (χ4n) is 5.21. The van der Waals surface area contributed by atoms with E-state index in [1.165, 1.54) is 5.56 Å². The lowest BCUT2D eigenvalue weighted by Crippen LogP contribution is -2.38. The van der Waals surface area contributed by atoms with Crippen LogP contribution in [0.1, 0.15) is 85.3 Å². The number of likely N-dealkylation sites (N-methyl/N-ethyl adjacent to an activating group) is 1. The van der Waals surface area contributed by atoms with E-state index in [1.807, 2.05) is 54.6 Å². The summed E-state index contributed by atoms with van der Waals surface area (Å²) in [5, 5.41) is 20.9. The highest BCUT2D eigenvalue weighted by Crippen LogP contribution is 2.38. The maximum atomic E-state index is 12.2. The van der Waals surface area contributed by atoms with Crippen molar-refractivity contribution < 1.29 is 29.4 Å². The number of nitrogens with one attached hydrogen (secondary N) is 2. The standard InChI is InChI=1S/C34H43N3O6/c1-24(27-8-4-3-5-9-27)37(2)22-30-20-31(28-16-14-26(23-38)15-17-28)43-34(42-30)29-18-12-25(13-19-29)21-35-32(39)10-6-7-11-33(40)36-41/h3-5,8-9,12-19,24,30-31,34,38,41H,6-7,10-11,20-23H2,1-2H3,(H,35,39)(H,36,40)/t24-,30+,31-,34-/m0/s1. The third-order valence-corrected chi connectivity index (χ3v) is 7.97. The van der Waals surface area contributed by atoms with Gasteiger partial charge in [0.15, 0.2) is 6.29 Å². The van der Waals surface area contributed by atoms with Crippen molar-refractivity contribution in [2.45, 2.75) is 76.7 Å². The number of nitrogens with zero attached hydrogens (tertiary/aromatic N) is 1. The van der Waals surface area contributed by atoms with Crippen LogP contribution in [0.25, 0.3) is 0 Å². The van der Waals surface area contributed by atoms with E-state index in [2.05, 4.69) is 48.5 Å². The molecule has 0 bridgehead atoms. The highest BCUT2D eigenvalue weighted by atomic mass is 16.7. The molecule has 2 amide bonds. The zero-order valence-corrected chi connectivity index (χ0v) is 24.9. The Morgan fingerprint density at radius 1 is 0.884 bits per heavy atom. The number of rotatable bonds is 14. The minimum atomic E-state index is -0.554. The molecule has 0 unspecified atom stereocenters. The van der Waals surface area contributed by atoms with Crippen LogP contribution in [0.3, 0.4) is 0 Å². The molecule has 1 aliphatic rings. The van der Waals surface area contributed by atoms with Gasteiger partial charge in [-0.05, 0) is 49.1 Å². The zero-order chi connectivity index (χ0) is 30.6. The van der Waals surface area contributed by atoms with Gasteiger partial charge in [-0.3, -0.25) is 19.7 Å². The number of hydrogen-bond donors (Lipinski definition) is 4. The summed E-state index contributed by atoms with van der Waals surface area (Å²) in [7, 11) is 2.12. The van der Waals surface area contributed by atoms with Gasteiger partial charge in [0.1, 0.15) is 0 Å². The van der Waals surface area contributed by atoms with E-state index in [1.54, 1.807) is 5.48 Å². The van der Waals surface area contributed by atoms with E-state index in [-0.39, 0.29) is 37.2 Å². The van der Waals surface area contributed by atoms with Gasteiger partial charge in [-0.1, -0.05) is 78.9 Å². The first-order chi connectivity index (χ1) is 20.9. The Labute approximate surface area is 253 Å². The molecular weight excluding hydrogens is 546 g/mol. The Bertz CT molecular complexity index is 1290. The molecule has 1 saturated heterocycles. The third kappa shape index (κ3) is 9.71. The fourth-order valence-corrected chi connectivity index (χ4v) is 5.21. The monoisotopic (exact) mass is 589 g/mol. The zero-order valence-electron chi connectivity index (χ0n) is 24.9. The smallest absolute Gasteiger partial charge is 0.243 e. The quantitative estimate of drug-likeness (QED) is 0.117. The number of hydrogen-bond acceptors (Lipinski definition) is 7. The van der Waals surface area contributed by atoms with Crippen molar-refractivity contribution in [1.82, 2.24) is 15.7 Å². The highest BCUT2D eigenvalue weighted by Gasteiger charge is 2.33. The molecule has 43 heavy (non-hydrogen) atoms. The molecule has 0 aromatic heterocycles. The van der Waals surface area contributed by atoms with Crippen molar-refractivity contribution in [3.63, 3.8) is 0 Å². The van der Waals surface area contributed by atoms with Crippen molar-refractivity contribution in [1.29, 1.82) is 0 Å². The molecule has 230 valence electrons. The number of carbonyl (C=O) groups excluding carboxylic acids is 2. The molecule has 3 aromatic carbocycles. The van der Waals surface area contributed by atoms with Gasteiger partial charge in [0.25, 0.3) is 0 Å².